The minimum atomic E-state index is -3.78. The lowest BCUT2D eigenvalue weighted by atomic mass is 10.2. The number of para-hydroxylation sites is 2. The zero-order valence-corrected chi connectivity index (χ0v) is 15.5. The van der Waals surface area contributed by atoms with Gasteiger partial charge in [-0.15, -0.1) is 0 Å². The van der Waals surface area contributed by atoms with Gasteiger partial charge < -0.3 is 10.6 Å². The molecule has 3 rings (SSSR count). The summed E-state index contributed by atoms with van der Waals surface area (Å²) in [7, 11) is -3.78. The van der Waals surface area contributed by atoms with Crippen molar-refractivity contribution in [3.05, 3.63) is 84.4 Å². The molecule has 0 saturated carbocycles. The van der Waals surface area contributed by atoms with Gasteiger partial charge in [-0.1, -0.05) is 42.5 Å². The fourth-order valence-electron chi connectivity index (χ4n) is 2.50. The van der Waals surface area contributed by atoms with Crippen molar-refractivity contribution in [1.82, 2.24) is 0 Å². The van der Waals surface area contributed by atoms with Gasteiger partial charge in [0.2, 0.25) is 0 Å². The molecule has 6 nitrogen and oxygen atoms in total. The third-order valence-corrected chi connectivity index (χ3v) is 5.32. The van der Waals surface area contributed by atoms with E-state index >= 15 is 0 Å². The van der Waals surface area contributed by atoms with Crippen LogP contribution in [-0.2, 0) is 10.0 Å². The molecule has 0 saturated heterocycles. The molecular weight excluding hydrogens is 362 g/mol. The van der Waals surface area contributed by atoms with E-state index in [1.807, 2.05) is 6.07 Å². The van der Waals surface area contributed by atoms with Gasteiger partial charge in [-0.2, -0.15) is 0 Å². The molecular formula is C20H19N3O3S. The number of anilines is 3. The molecule has 0 heterocycles. The van der Waals surface area contributed by atoms with Gasteiger partial charge in [0.15, 0.2) is 0 Å². The number of hydrogen-bond donors (Lipinski definition) is 3. The van der Waals surface area contributed by atoms with Crippen molar-refractivity contribution in [3.63, 3.8) is 0 Å². The van der Waals surface area contributed by atoms with Gasteiger partial charge in [-0.3, -0.25) is 4.72 Å². The van der Waals surface area contributed by atoms with Crippen LogP contribution in [0.5, 0.6) is 0 Å². The van der Waals surface area contributed by atoms with Gasteiger partial charge in [0.25, 0.3) is 10.0 Å². The Balaban J connectivity index is 1.78. The number of benzene rings is 3. The molecule has 2 amide bonds. The minimum absolute atomic E-state index is 0.101. The monoisotopic (exact) mass is 381 g/mol. The summed E-state index contributed by atoms with van der Waals surface area (Å²) in [6, 6.07) is 21.9. The Morgan fingerprint density at radius 1 is 0.741 bits per heavy atom. The van der Waals surface area contributed by atoms with Crippen molar-refractivity contribution in [2.45, 2.75) is 11.8 Å². The van der Waals surface area contributed by atoms with Crippen molar-refractivity contribution < 1.29 is 13.2 Å². The maximum atomic E-state index is 12.7. The molecule has 3 aromatic rings. The maximum Gasteiger partial charge on any atom is 0.323 e. The first-order valence-corrected chi connectivity index (χ1v) is 9.74. The van der Waals surface area contributed by atoms with Crippen molar-refractivity contribution in [2.24, 2.45) is 0 Å². The highest BCUT2D eigenvalue weighted by molar-refractivity contribution is 7.92. The fraction of sp³-hybridized carbons (Fsp3) is 0.0500. The lowest BCUT2D eigenvalue weighted by molar-refractivity contribution is 0.262. The van der Waals surface area contributed by atoms with E-state index in [1.54, 1.807) is 73.7 Å². The Morgan fingerprint density at radius 2 is 1.30 bits per heavy atom. The van der Waals surface area contributed by atoms with Gasteiger partial charge >= 0.3 is 6.03 Å². The number of amides is 2. The summed E-state index contributed by atoms with van der Waals surface area (Å²) in [6.07, 6.45) is 0. The van der Waals surface area contributed by atoms with Crippen LogP contribution in [0.3, 0.4) is 0 Å². The number of carbonyl (C=O) groups is 1. The molecule has 3 aromatic carbocycles. The molecule has 27 heavy (non-hydrogen) atoms. The summed E-state index contributed by atoms with van der Waals surface area (Å²) in [6.45, 7) is 1.70. The van der Waals surface area contributed by atoms with Crippen molar-refractivity contribution in [1.29, 1.82) is 0 Å². The highest BCUT2D eigenvalue weighted by Crippen LogP contribution is 2.23. The van der Waals surface area contributed by atoms with Crippen LogP contribution in [0.1, 0.15) is 5.56 Å². The summed E-state index contributed by atoms with van der Waals surface area (Å²) >= 11 is 0. The van der Waals surface area contributed by atoms with Crippen molar-refractivity contribution >= 4 is 33.1 Å². The Kier molecular flexibility index (Phi) is 5.42. The molecule has 0 spiro atoms. The highest BCUT2D eigenvalue weighted by Gasteiger charge is 2.18. The van der Waals surface area contributed by atoms with Crippen LogP contribution >= 0.6 is 0 Å². The van der Waals surface area contributed by atoms with Crippen molar-refractivity contribution in [3.8, 4) is 0 Å². The summed E-state index contributed by atoms with van der Waals surface area (Å²) in [5.41, 5.74) is 2.06. The summed E-state index contributed by atoms with van der Waals surface area (Å²) in [4.78, 5) is 12.2. The number of aryl methyl sites for hydroxylation is 1. The fourth-order valence-corrected chi connectivity index (χ4v) is 3.83. The first-order valence-electron chi connectivity index (χ1n) is 8.26. The van der Waals surface area contributed by atoms with Crippen LogP contribution in [-0.4, -0.2) is 14.4 Å². The zero-order chi connectivity index (χ0) is 19.3. The van der Waals surface area contributed by atoms with Crippen LogP contribution in [0, 0.1) is 6.92 Å². The summed E-state index contributed by atoms with van der Waals surface area (Å²) in [5, 5.41) is 5.34. The highest BCUT2D eigenvalue weighted by atomic mass is 32.2. The van der Waals surface area contributed by atoms with E-state index in [0.29, 0.717) is 22.6 Å². The third-order valence-electron chi connectivity index (χ3n) is 3.79. The second-order valence-electron chi connectivity index (χ2n) is 5.90. The Labute approximate surface area is 158 Å². The standard InChI is InChI=1S/C20H19N3O3S/c1-15-12-13-18(22-20(24)21-16-8-4-2-5-9-16)14-19(15)27(25,26)23-17-10-6-3-7-11-17/h2-14,23H,1H3,(H2,21,22,24). The number of carbonyl (C=O) groups excluding carboxylic acids is 1. The van der Waals surface area contributed by atoms with E-state index in [4.69, 9.17) is 0 Å². The van der Waals surface area contributed by atoms with E-state index in [1.165, 1.54) is 6.07 Å². The number of hydrogen-bond acceptors (Lipinski definition) is 3. The average Bonchev–Trinajstić information content (AvgIpc) is 2.64. The number of nitrogens with one attached hydrogen (secondary N) is 3. The second kappa shape index (κ2) is 7.92. The average molecular weight is 381 g/mol. The topological polar surface area (TPSA) is 87.3 Å². The molecule has 0 unspecified atom stereocenters. The normalized spacial score (nSPS) is 10.9. The SMILES string of the molecule is Cc1ccc(NC(=O)Nc2ccccc2)cc1S(=O)(=O)Nc1ccccc1. The first kappa shape index (κ1) is 18.5. The van der Waals surface area contributed by atoms with Gasteiger partial charge in [0, 0.05) is 17.1 Å². The first-order chi connectivity index (χ1) is 12.9. The quantitative estimate of drug-likeness (QED) is 0.610. The van der Waals surface area contributed by atoms with Crippen LogP contribution in [0.25, 0.3) is 0 Å². The molecule has 0 fully saturated rings. The van der Waals surface area contributed by atoms with Gasteiger partial charge in [0.1, 0.15) is 0 Å². The lowest BCUT2D eigenvalue weighted by Crippen LogP contribution is -2.20. The summed E-state index contributed by atoms with van der Waals surface area (Å²) in [5.74, 6) is 0. The third kappa shape index (κ3) is 4.86. The van der Waals surface area contributed by atoms with Crippen LogP contribution < -0.4 is 15.4 Å². The van der Waals surface area contributed by atoms with Gasteiger partial charge in [-0.05, 0) is 48.9 Å². The minimum Gasteiger partial charge on any atom is -0.308 e. The van der Waals surface area contributed by atoms with E-state index in [2.05, 4.69) is 15.4 Å². The zero-order valence-electron chi connectivity index (χ0n) is 14.6. The van der Waals surface area contributed by atoms with Gasteiger partial charge in [-0.25, -0.2) is 13.2 Å². The smallest absolute Gasteiger partial charge is 0.308 e. The molecule has 3 N–H and O–H groups in total. The van der Waals surface area contributed by atoms with Crippen LogP contribution in [0.15, 0.2) is 83.8 Å². The number of urea groups is 1. The largest absolute Gasteiger partial charge is 0.323 e. The summed E-state index contributed by atoms with van der Waals surface area (Å²) < 4.78 is 28.0. The van der Waals surface area contributed by atoms with Crippen molar-refractivity contribution in [2.75, 3.05) is 15.4 Å². The molecule has 0 aliphatic heterocycles. The molecule has 0 aliphatic rings. The molecule has 7 heteroatoms. The molecule has 0 bridgehead atoms. The molecule has 138 valence electrons. The Hall–Kier alpha value is -3.32. The molecule has 0 atom stereocenters. The second-order valence-corrected chi connectivity index (χ2v) is 7.55. The van der Waals surface area contributed by atoms with E-state index in [0.717, 1.165) is 0 Å². The number of sulfonamides is 1. The van der Waals surface area contributed by atoms with Gasteiger partial charge in [0.05, 0.1) is 4.90 Å². The van der Waals surface area contributed by atoms with E-state index in [-0.39, 0.29) is 4.90 Å². The predicted octanol–water partition coefficient (Wildman–Crippen LogP) is 4.44. The van der Waals surface area contributed by atoms with E-state index in [9.17, 15) is 13.2 Å². The Morgan fingerprint density at radius 3 is 1.93 bits per heavy atom. The lowest BCUT2D eigenvalue weighted by Gasteiger charge is -2.13. The maximum absolute atomic E-state index is 12.7. The van der Waals surface area contributed by atoms with Crippen LogP contribution in [0.4, 0.5) is 21.9 Å². The molecule has 0 aromatic heterocycles. The Bertz CT molecular complexity index is 1040. The number of rotatable bonds is 5. The predicted molar refractivity (Wildman–Crippen MR) is 108 cm³/mol. The van der Waals surface area contributed by atoms with Crippen LogP contribution in [0.2, 0.25) is 0 Å². The van der Waals surface area contributed by atoms with E-state index < -0.39 is 16.1 Å². The molecule has 0 radical (unpaired) electrons. The molecule has 0 aliphatic carbocycles.